The highest BCUT2D eigenvalue weighted by Crippen LogP contribution is 2.41. The third kappa shape index (κ3) is 6.04. The summed E-state index contributed by atoms with van der Waals surface area (Å²) in [6.45, 7) is 0.348. The molecule has 0 bridgehead atoms. The summed E-state index contributed by atoms with van der Waals surface area (Å²) in [7, 11) is 3.75. The van der Waals surface area contributed by atoms with Gasteiger partial charge in [-0.05, 0) is 53.4 Å². The van der Waals surface area contributed by atoms with Crippen LogP contribution in [0.3, 0.4) is 0 Å². The normalized spacial score (nSPS) is 16.8. The van der Waals surface area contributed by atoms with Crippen LogP contribution in [0.2, 0.25) is 0 Å². The first-order valence-corrected chi connectivity index (χ1v) is 13.0. The average molecular weight is 599 g/mol. The Kier molecular flexibility index (Phi) is 8.79. The fourth-order valence-electron chi connectivity index (χ4n) is 5.05. The van der Waals surface area contributed by atoms with E-state index in [-0.39, 0.29) is 23.3 Å². The molecule has 0 aliphatic carbocycles. The number of imide groups is 1. The minimum atomic E-state index is -4.72. The smallest absolute Gasteiger partial charge is 0.416 e. The average Bonchev–Trinajstić information content (AvgIpc) is 3.17. The molecule has 12 heteroatoms. The third-order valence-corrected chi connectivity index (χ3v) is 7.41. The number of carbonyl (C=O) groups is 4. The number of hydrogen-bond acceptors (Lipinski definition) is 7. The Morgan fingerprint density at radius 2 is 1.53 bits per heavy atom. The van der Waals surface area contributed by atoms with Crippen LogP contribution in [0.15, 0.2) is 66.7 Å². The lowest BCUT2D eigenvalue weighted by molar-refractivity contribution is -0.143. The van der Waals surface area contributed by atoms with Gasteiger partial charge in [0.25, 0.3) is 5.91 Å². The summed E-state index contributed by atoms with van der Waals surface area (Å²) in [6, 6.07) is 15.1. The molecule has 1 unspecified atom stereocenters. The number of alkyl halides is 3. The van der Waals surface area contributed by atoms with Crippen molar-refractivity contribution in [3.63, 3.8) is 0 Å². The molecule has 3 aromatic carbocycles. The maximum Gasteiger partial charge on any atom is 0.416 e. The fourth-order valence-corrected chi connectivity index (χ4v) is 5.05. The van der Waals surface area contributed by atoms with E-state index in [1.54, 1.807) is 48.5 Å². The fraction of sp³-hybridized carbons (Fsp3) is 0.290. The summed E-state index contributed by atoms with van der Waals surface area (Å²) >= 11 is 0. The Bertz CT molecular complexity index is 1560. The van der Waals surface area contributed by atoms with Gasteiger partial charge in [-0.25, -0.2) is 4.79 Å². The second kappa shape index (κ2) is 12.2. The third-order valence-electron chi connectivity index (χ3n) is 7.41. The van der Waals surface area contributed by atoms with E-state index in [0.717, 1.165) is 29.0 Å². The lowest BCUT2D eigenvalue weighted by Gasteiger charge is -2.31. The first kappa shape index (κ1) is 31.1. The van der Waals surface area contributed by atoms with E-state index in [1.807, 2.05) is 0 Å². The number of benzene rings is 3. The van der Waals surface area contributed by atoms with Crippen molar-refractivity contribution in [1.82, 2.24) is 9.80 Å². The van der Waals surface area contributed by atoms with Gasteiger partial charge in [0.05, 0.1) is 39.9 Å². The summed E-state index contributed by atoms with van der Waals surface area (Å²) in [5, 5.41) is 0. The van der Waals surface area contributed by atoms with E-state index in [1.165, 1.54) is 27.2 Å². The van der Waals surface area contributed by atoms with Gasteiger partial charge in [0.15, 0.2) is 0 Å². The number of ether oxygens (including phenoxy) is 3. The van der Waals surface area contributed by atoms with Gasteiger partial charge >= 0.3 is 24.1 Å². The summed E-state index contributed by atoms with van der Waals surface area (Å²) in [6.07, 6.45) is -4.83. The van der Waals surface area contributed by atoms with E-state index in [2.05, 4.69) is 0 Å². The van der Waals surface area contributed by atoms with Crippen LogP contribution in [0.4, 0.5) is 18.0 Å². The van der Waals surface area contributed by atoms with Crippen molar-refractivity contribution in [2.45, 2.75) is 31.6 Å². The number of carbonyl (C=O) groups excluding carboxylic acids is 4. The van der Waals surface area contributed by atoms with E-state index >= 15 is 0 Å². The maximum atomic E-state index is 14.0. The molecule has 3 aromatic rings. The molecule has 0 radical (unpaired) electrons. The Hall–Kier alpha value is -4.87. The molecule has 0 spiro atoms. The molecule has 4 rings (SSSR count). The number of esters is 2. The molecule has 3 amide bonds. The molecule has 1 aliphatic rings. The predicted octanol–water partition coefficient (Wildman–Crippen LogP) is 4.95. The Balaban J connectivity index is 1.86. The molecule has 1 atom stereocenters. The van der Waals surface area contributed by atoms with Gasteiger partial charge in [0, 0.05) is 5.56 Å². The lowest BCUT2D eigenvalue weighted by Crippen LogP contribution is -2.46. The first-order chi connectivity index (χ1) is 20.3. The van der Waals surface area contributed by atoms with Crippen molar-refractivity contribution in [3.8, 4) is 16.9 Å². The number of hydrogen-bond donors (Lipinski definition) is 0. The molecule has 1 fully saturated rings. The summed E-state index contributed by atoms with van der Waals surface area (Å²) in [4.78, 5) is 53.8. The highest BCUT2D eigenvalue weighted by atomic mass is 19.4. The van der Waals surface area contributed by atoms with Crippen LogP contribution in [0, 0.1) is 0 Å². The van der Waals surface area contributed by atoms with Crippen molar-refractivity contribution < 1.29 is 46.6 Å². The first-order valence-electron chi connectivity index (χ1n) is 13.0. The summed E-state index contributed by atoms with van der Waals surface area (Å²) in [5.74, 6) is -1.75. The van der Waals surface area contributed by atoms with Gasteiger partial charge in [0.1, 0.15) is 17.8 Å². The van der Waals surface area contributed by atoms with Gasteiger partial charge in [-0.15, -0.1) is 0 Å². The quantitative estimate of drug-likeness (QED) is 0.254. The van der Waals surface area contributed by atoms with Gasteiger partial charge in [-0.1, -0.05) is 42.5 Å². The minimum Gasteiger partial charge on any atom is -0.496 e. The van der Waals surface area contributed by atoms with Crippen molar-refractivity contribution in [2.24, 2.45) is 0 Å². The lowest BCUT2D eigenvalue weighted by atomic mass is 9.90. The predicted molar refractivity (Wildman–Crippen MR) is 148 cm³/mol. The van der Waals surface area contributed by atoms with E-state index in [0.29, 0.717) is 16.7 Å². The second-order valence-electron chi connectivity index (χ2n) is 9.93. The van der Waals surface area contributed by atoms with Crippen LogP contribution in [0.1, 0.15) is 29.2 Å². The molecular weight excluding hydrogens is 569 g/mol. The molecule has 0 N–H and O–H groups in total. The molecular formula is C31H29F3N2O7. The highest BCUT2D eigenvalue weighted by molar-refractivity contribution is 6.08. The van der Waals surface area contributed by atoms with Crippen LogP contribution in [-0.4, -0.2) is 61.6 Å². The SMILES string of the molecule is COC(=O)Cc1ccc(OC)c(-c2ccc(C(F)(F)F)cc2CN2C(=O)N(CC(=O)OC)C(C)(c3ccccc3)C2=O)c1. The Labute approximate surface area is 245 Å². The van der Waals surface area contributed by atoms with Crippen LogP contribution in [0.5, 0.6) is 5.75 Å². The zero-order valence-corrected chi connectivity index (χ0v) is 23.9. The topological polar surface area (TPSA) is 102 Å². The monoisotopic (exact) mass is 598 g/mol. The van der Waals surface area contributed by atoms with Crippen molar-refractivity contribution in [3.05, 3.63) is 89.0 Å². The number of rotatable bonds is 9. The molecule has 1 heterocycles. The van der Waals surface area contributed by atoms with Crippen LogP contribution >= 0.6 is 0 Å². The maximum absolute atomic E-state index is 14.0. The summed E-state index contributed by atoms with van der Waals surface area (Å²) < 4.78 is 56.5. The highest BCUT2D eigenvalue weighted by Gasteiger charge is 2.56. The minimum absolute atomic E-state index is 0.0135. The van der Waals surface area contributed by atoms with Crippen molar-refractivity contribution in [2.75, 3.05) is 27.9 Å². The van der Waals surface area contributed by atoms with Crippen LogP contribution < -0.4 is 4.74 Å². The molecule has 226 valence electrons. The zero-order valence-electron chi connectivity index (χ0n) is 23.9. The van der Waals surface area contributed by atoms with Gasteiger partial charge in [-0.2, -0.15) is 13.2 Å². The Morgan fingerprint density at radius 1 is 0.860 bits per heavy atom. The standard InChI is InChI=1S/C31H29F3N2O7/c1-30(21-8-6-5-7-9-21)28(39)35(29(40)36(30)18-27(38)43-4)17-20-16-22(31(32,33)34)11-12-23(20)24-14-19(15-26(37)42-3)10-13-25(24)41-2/h5-14,16H,15,17-18H2,1-4H3. The molecule has 43 heavy (non-hydrogen) atoms. The van der Waals surface area contributed by atoms with E-state index in [4.69, 9.17) is 14.2 Å². The zero-order chi connectivity index (χ0) is 31.5. The molecule has 0 saturated carbocycles. The van der Waals surface area contributed by atoms with Gasteiger partial charge in [-0.3, -0.25) is 24.2 Å². The van der Waals surface area contributed by atoms with E-state index in [9.17, 15) is 32.3 Å². The van der Waals surface area contributed by atoms with Gasteiger partial charge in [0.2, 0.25) is 0 Å². The molecule has 1 aliphatic heterocycles. The van der Waals surface area contributed by atoms with E-state index < -0.39 is 54.2 Å². The van der Waals surface area contributed by atoms with Crippen molar-refractivity contribution in [1.29, 1.82) is 0 Å². The van der Waals surface area contributed by atoms with Crippen LogP contribution in [0.25, 0.3) is 11.1 Å². The van der Waals surface area contributed by atoms with Gasteiger partial charge < -0.3 is 14.2 Å². The number of amides is 3. The number of nitrogens with zero attached hydrogens (tertiary/aromatic N) is 2. The summed E-state index contributed by atoms with van der Waals surface area (Å²) in [5.41, 5.74) is -1.17. The van der Waals surface area contributed by atoms with Crippen LogP contribution in [-0.2, 0) is 48.5 Å². The number of halogens is 3. The van der Waals surface area contributed by atoms with Crippen molar-refractivity contribution >= 4 is 23.9 Å². The Morgan fingerprint density at radius 3 is 2.14 bits per heavy atom. The number of methoxy groups -OCH3 is 3. The molecule has 9 nitrogen and oxygen atoms in total. The largest absolute Gasteiger partial charge is 0.496 e. The molecule has 0 aromatic heterocycles. The second-order valence-corrected chi connectivity index (χ2v) is 9.93. The number of urea groups is 1. The molecule has 1 saturated heterocycles.